The highest BCUT2D eigenvalue weighted by molar-refractivity contribution is 5.94. The molecule has 0 bridgehead atoms. The second-order valence-corrected chi connectivity index (χ2v) is 3.17. The van der Waals surface area contributed by atoms with Crippen LogP contribution in [0, 0.1) is 0 Å². The van der Waals surface area contributed by atoms with Gasteiger partial charge >= 0.3 is 0 Å². The van der Waals surface area contributed by atoms with E-state index in [1.807, 2.05) is 30.3 Å². The maximum Gasteiger partial charge on any atom is 0.260 e. The van der Waals surface area contributed by atoms with E-state index in [4.69, 9.17) is 0 Å². The molecule has 0 heterocycles. The fourth-order valence-electron chi connectivity index (χ4n) is 1.59. The summed E-state index contributed by atoms with van der Waals surface area (Å²) in [7, 11) is 0. The summed E-state index contributed by atoms with van der Waals surface area (Å²) in [6.45, 7) is 0. The highest BCUT2D eigenvalue weighted by Gasteiger charge is 2.07. The van der Waals surface area contributed by atoms with Gasteiger partial charge in [-0.15, -0.1) is 5.12 Å². The molecule has 0 N–H and O–H groups in total. The number of nitrogens with zero attached hydrogens (tertiary/aromatic N) is 3. The zero-order valence-corrected chi connectivity index (χ0v) is 8.70. The van der Waals surface area contributed by atoms with Gasteiger partial charge in [0.05, 0.1) is 5.69 Å². The Balaban J connectivity index is 2.68. The molecule has 5 heteroatoms. The molecule has 0 aliphatic heterocycles. The molecule has 0 saturated heterocycles. The second kappa shape index (κ2) is 4.86. The van der Waals surface area contributed by atoms with Gasteiger partial charge in [-0.2, -0.15) is 0 Å². The summed E-state index contributed by atoms with van der Waals surface area (Å²) in [5.74, 6) is 0. The molecule has 0 spiro atoms. The van der Waals surface area contributed by atoms with Crippen LogP contribution in [0.3, 0.4) is 0 Å². The predicted octanol–water partition coefficient (Wildman–Crippen LogP) is 2.15. The van der Waals surface area contributed by atoms with Gasteiger partial charge in [-0.1, -0.05) is 46.6 Å². The highest BCUT2D eigenvalue weighted by Crippen LogP contribution is 2.26. The molecule has 5 nitrogen and oxygen atoms in total. The summed E-state index contributed by atoms with van der Waals surface area (Å²) in [6.07, 6.45) is 2.69. The fraction of sp³-hybridized carbons (Fsp3) is 0. The van der Waals surface area contributed by atoms with Gasteiger partial charge in [0.1, 0.15) is 0 Å². The lowest BCUT2D eigenvalue weighted by molar-refractivity contribution is 0.558. The van der Waals surface area contributed by atoms with Gasteiger partial charge in [-0.25, -0.2) is 9.59 Å². The maximum absolute atomic E-state index is 10.3. The minimum Gasteiger partial charge on any atom is -0.209 e. The first-order chi connectivity index (χ1) is 8.36. The van der Waals surface area contributed by atoms with Crippen LogP contribution in [0.4, 0.5) is 5.69 Å². The highest BCUT2D eigenvalue weighted by atomic mass is 16.1. The van der Waals surface area contributed by atoms with Crippen molar-refractivity contribution in [3.63, 3.8) is 0 Å². The number of hydrogen-bond acceptors (Lipinski definition) is 5. The molecule has 0 saturated carbocycles. The van der Waals surface area contributed by atoms with Crippen LogP contribution in [0.5, 0.6) is 0 Å². The minimum atomic E-state index is 0.523. The molecule has 0 aliphatic carbocycles. The van der Waals surface area contributed by atoms with Crippen molar-refractivity contribution in [3.05, 3.63) is 42.5 Å². The molecular formula is C12H7N3O2. The molecule has 0 radical (unpaired) electrons. The summed E-state index contributed by atoms with van der Waals surface area (Å²) in [5.41, 5.74) is 0.523. The quantitative estimate of drug-likeness (QED) is 0.456. The van der Waals surface area contributed by atoms with Gasteiger partial charge in [0.2, 0.25) is 0 Å². The summed E-state index contributed by atoms with van der Waals surface area (Å²) < 4.78 is 0. The van der Waals surface area contributed by atoms with Gasteiger partial charge in [0.25, 0.3) is 12.2 Å². The van der Waals surface area contributed by atoms with Gasteiger partial charge in [0.15, 0.2) is 0 Å². The lowest BCUT2D eigenvalue weighted by Gasteiger charge is -2.11. The molecule has 0 atom stereocenters. The van der Waals surface area contributed by atoms with Gasteiger partial charge < -0.3 is 0 Å². The van der Waals surface area contributed by atoms with Crippen molar-refractivity contribution in [2.75, 3.05) is 5.12 Å². The van der Waals surface area contributed by atoms with Crippen LogP contribution in [0.25, 0.3) is 10.8 Å². The number of rotatable bonds is 3. The molecule has 2 rings (SSSR count). The van der Waals surface area contributed by atoms with Crippen LogP contribution in [0.1, 0.15) is 0 Å². The molecule has 0 amide bonds. The van der Waals surface area contributed by atoms with Crippen molar-refractivity contribution in [2.45, 2.75) is 0 Å². The molecule has 0 aromatic heterocycles. The summed E-state index contributed by atoms with van der Waals surface area (Å²) in [4.78, 5) is 20.6. The first-order valence-electron chi connectivity index (χ1n) is 4.80. The fourth-order valence-corrected chi connectivity index (χ4v) is 1.59. The smallest absolute Gasteiger partial charge is 0.209 e. The van der Waals surface area contributed by atoms with Crippen molar-refractivity contribution in [3.8, 4) is 0 Å². The Kier molecular flexibility index (Phi) is 3.08. The van der Waals surface area contributed by atoms with Crippen LogP contribution >= 0.6 is 0 Å². The maximum atomic E-state index is 10.3. The second-order valence-electron chi connectivity index (χ2n) is 3.17. The number of benzene rings is 2. The Morgan fingerprint density at radius 1 is 0.882 bits per heavy atom. The average molecular weight is 225 g/mol. The average Bonchev–Trinajstić information content (AvgIpc) is 2.38. The number of hydrogen-bond donors (Lipinski definition) is 0. The summed E-state index contributed by atoms with van der Waals surface area (Å²) >= 11 is 0. The van der Waals surface area contributed by atoms with Crippen LogP contribution in [-0.4, -0.2) is 12.2 Å². The lowest BCUT2D eigenvalue weighted by atomic mass is 10.1. The van der Waals surface area contributed by atoms with Crippen LogP contribution in [0.15, 0.2) is 52.7 Å². The van der Waals surface area contributed by atoms with E-state index >= 15 is 0 Å². The van der Waals surface area contributed by atoms with Gasteiger partial charge in [-0.3, -0.25) is 0 Å². The Labute approximate surface area is 96.7 Å². The zero-order chi connectivity index (χ0) is 12.1. The van der Waals surface area contributed by atoms with E-state index < -0.39 is 0 Å². The molecule has 0 fully saturated rings. The van der Waals surface area contributed by atoms with Gasteiger partial charge in [0, 0.05) is 5.39 Å². The van der Waals surface area contributed by atoms with Crippen molar-refractivity contribution in [2.24, 2.45) is 10.2 Å². The molecule has 17 heavy (non-hydrogen) atoms. The molecule has 82 valence electrons. The number of fused-ring (bicyclic) bond motifs is 1. The van der Waals surface area contributed by atoms with E-state index in [0.29, 0.717) is 5.69 Å². The van der Waals surface area contributed by atoms with Crippen molar-refractivity contribution in [1.29, 1.82) is 0 Å². The SMILES string of the molecule is O=C=NN(N=C=O)c1cccc2ccccc12. The van der Waals surface area contributed by atoms with E-state index in [2.05, 4.69) is 10.2 Å². The number of carbonyl (C=O) groups excluding carboxylic acids is 2. The monoisotopic (exact) mass is 225 g/mol. The van der Waals surface area contributed by atoms with Gasteiger partial charge in [-0.05, 0) is 11.5 Å². The molecular weight excluding hydrogens is 218 g/mol. The van der Waals surface area contributed by atoms with Crippen LogP contribution in [0.2, 0.25) is 0 Å². The third kappa shape index (κ3) is 2.11. The predicted molar refractivity (Wildman–Crippen MR) is 62.7 cm³/mol. The van der Waals surface area contributed by atoms with Crippen LogP contribution < -0.4 is 5.12 Å². The number of isocyanates is 2. The summed E-state index contributed by atoms with van der Waals surface area (Å²) in [6, 6.07) is 12.9. The first kappa shape index (κ1) is 10.8. The zero-order valence-electron chi connectivity index (χ0n) is 8.70. The van der Waals surface area contributed by atoms with Crippen molar-refractivity contribution < 1.29 is 9.59 Å². The molecule has 2 aromatic carbocycles. The number of hydrazone groups is 2. The van der Waals surface area contributed by atoms with E-state index in [9.17, 15) is 9.59 Å². The Morgan fingerprint density at radius 2 is 1.53 bits per heavy atom. The third-order valence-electron chi connectivity index (χ3n) is 2.25. The van der Waals surface area contributed by atoms with E-state index in [1.54, 1.807) is 12.1 Å². The molecule has 0 aliphatic rings. The minimum absolute atomic E-state index is 0.523. The standard InChI is InChI=1S/C12H7N3O2/c16-8-13-15(14-9-17)12-7-3-5-10-4-1-2-6-11(10)12/h1-7H. The molecule has 2 aromatic rings. The van der Waals surface area contributed by atoms with E-state index in [0.717, 1.165) is 15.9 Å². The topological polar surface area (TPSA) is 62.1 Å². The Morgan fingerprint density at radius 3 is 2.24 bits per heavy atom. The van der Waals surface area contributed by atoms with Crippen molar-refractivity contribution >= 4 is 28.6 Å². The Hall–Kier alpha value is -2.74. The molecule has 0 unspecified atom stereocenters. The van der Waals surface area contributed by atoms with Crippen LogP contribution in [-0.2, 0) is 9.59 Å². The lowest BCUT2D eigenvalue weighted by Crippen LogP contribution is -2.07. The first-order valence-corrected chi connectivity index (χ1v) is 4.80. The van der Waals surface area contributed by atoms with Crippen molar-refractivity contribution in [1.82, 2.24) is 0 Å². The third-order valence-corrected chi connectivity index (χ3v) is 2.25. The Bertz CT molecular complexity index is 618. The number of anilines is 1. The normalized spacial score (nSPS) is 9.18. The summed E-state index contributed by atoms with van der Waals surface area (Å²) in [5, 5.41) is 9.35. The largest absolute Gasteiger partial charge is 0.260 e. The van der Waals surface area contributed by atoms with E-state index in [1.165, 1.54) is 12.2 Å². The van der Waals surface area contributed by atoms with E-state index in [-0.39, 0.29) is 0 Å².